The second-order valence-corrected chi connectivity index (χ2v) is 23.0. The van der Waals surface area contributed by atoms with Gasteiger partial charge in [-0.2, -0.15) is 19.0 Å². The Labute approximate surface area is 409 Å². The predicted octanol–water partition coefficient (Wildman–Crippen LogP) is 9.01. The smallest absolute Gasteiger partial charge is 0.490 e. The average molecular weight is 1010 g/mol. The number of ether oxygens (including phenoxy) is 2. The molecule has 2 aliphatic carbocycles. The standard InChI is InChI=1S/C21H28BFN2O4.C15H16BrFN2O2.C12H24B2O4/c1-12(13-7-8-15(26)9-13)27-17-11-14(10-16-18(17)19(23)25(6)24-16)22-28-20(2,3)21(4,5)29-22;1-8(9-3-4-11(20)5-9)21-13-7-10(16)6-12-14(13)15(17)19(2)18-12;1-9(2)10(3,4)16-13(15-9)14-17-11(5,6)12(7,8)18-14/h10-13H,7-9H2,1-6H3;6-9H,3-5H2,1-2H3;1-8H3/t12-,13+;8-,9+;/m11./s1. The molecule has 0 N–H and O–H groups in total. The van der Waals surface area contributed by atoms with Crippen LogP contribution in [0.3, 0.4) is 0 Å². The lowest BCUT2D eigenvalue weighted by Gasteiger charge is -2.32. The summed E-state index contributed by atoms with van der Waals surface area (Å²) in [5, 5.41) is 9.14. The van der Waals surface area contributed by atoms with Gasteiger partial charge < -0.3 is 37.4 Å². The summed E-state index contributed by atoms with van der Waals surface area (Å²) in [4.78, 5) is 23.1. The van der Waals surface area contributed by atoms with Crippen LogP contribution in [0.1, 0.15) is 135 Å². The van der Waals surface area contributed by atoms with E-state index in [1.54, 1.807) is 38.4 Å². The van der Waals surface area contributed by atoms with Crippen molar-refractivity contribution in [1.29, 1.82) is 0 Å². The molecule has 0 amide bonds. The second-order valence-electron chi connectivity index (χ2n) is 22.1. The van der Waals surface area contributed by atoms with Gasteiger partial charge in [-0.3, -0.25) is 9.59 Å². The lowest BCUT2D eigenvalue weighted by molar-refractivity contribution is -0.118. The van der Waals surface area contributed by atoms with E-state index in [2.05, 4.69) is 26.1 Å². The quantitative estimate of drug-likeness (QED) is 0.156. The first-order chi connectivity index (χ1) is 31.3. The Morgan fingerprint density at radius 2 is 0.956 bits per heavy atom. The lowest BCUT2D eigenvalue weighted by atomic mass is 9.49. The molecular weight excluding hydrogens is 943 g/mol. The van der Waals surface area contributed by atoms with Gasteiger partial charge in [0.1, 0.15) is 28.6 Å². The molecule has 3 saturated heterocycles. The highest BCUT2D eigenvalue weighted by molar-refractivity contribution is 9.10. The molecule has 68 heavy (non-hydrogen) atoms. The summed E-state index contributed by atoms with van der Waals surface area (Å²) >= 11 is 3.39. The number of ketones is 2. The number of nitrogens with zero attached hydrogens (tertiary/aromatic N) is 4. The summed E-state index contributed by atoms with van der Waals surface area (Å²) in [7, 11) is 1.57. The number of Topliss-reactive ketones (excluding diaryl/α,β-unsaturated/α-hetero) is 2. The molecule has 5 aliphatic rings. The summed E-state index contributed by atoms with van der Waals surface area (Å²) in [6, 6.07) is 7.08. The van der Waals surface area contributed by atoms with E-state index in [4.69, 9.17) is 37.4 Å². The molecule has 2 aromatic heterocycles. The van der Waals surface area contributed by atoms with E-state index in [0.717, 1.165) is 22.8 Å². The molecular formula is C48H68B3BrF2N4O10. The Hall–Kier alpha value is -3.39. The minimum Gasteiger partial charge on any atom is -0.490 e. The Bertz CT molecular complexity index is 2480. The first-order valence-corrected chi connectivity index (χ1v) is 24.5. The van der Waals surface area contributed by atoms with Gasteiger partial charge in [-0.05, 0) is 140 Å². The van der Waals surface area contributed by atoms with Crippen LogP contribution < -0.4 is 14.9 Å². The van der Waals surface area contributed by atoms with Gasteiger partial charge in [-0.15, -0.1) is 0 Å². The lowest BCUT2D eigenvalue weighted by Crippen LogP contribution is -2.41. The van der Waals surface area contributed by atoms with Gasteiger partial charge in [0.25, 0.3) is 0 Å². The molecule has 9 rings (SSSR count). The van der Waals surface area contributed by atoms with Gasteiger partial charge in [0.2, 0.25) is 11.9 Å². The first-order valence-electron chi connectivity index (χ1n) is 23.7. The summed E-state index contributed by atoms with van der Waals surface area (Å²) in [5.74, 6) is 0.884. The minimum atomic E-state index is -0.597. The Morgan fingerprint density at radius 3 is 1.32 bits per heavy atom. The van der Waals surface area contributed by atoms with Crippen LogP contribution >= 0.6 is 15.9 Å². The minimum absolute atomic E-state index is 0.131. The molecule has 0 bridgehead atoms. The fourth-order valence-electron chi connectivity index (χ4n) is 8.88. The van der Waals surface area contributed by atoms with Crippen LogP contribution in [0.5, 0.6) is 11.5 Å². The highest BCUT2D eigenvalue weighted by Crippen LogP contribution is 2.44. The third-order valence-electron chi connectivity index (χ3n) is 15.5. The molecule has 2 saturated carbocycles. The van der Waals surface area contributed by atoms with Gasteiger partial charge in [-0.1, -0.05) is 15.9 Å². The number of hydrogen-bond donors (Lipinski definition) is 0. The third kappa shape index (κ3) is 10.3. The van der Waals surface area contributed by atoms with Gasteiger partial charge in [0, 0.05) is 56.1 Å². The number of halogens is 3. The Morgan fingerprint density at radius 1 is 0.603 bits per heavy atom. The van der Waals surface area contributed by atoms with Crippen molar-refractivity contribution in [3.05, 3.63) is 40.6 Å². The number of aryl methyl sites for hydroxylation is 2. The molecule has 0 spiro atoms. The van der Waals surface area contributed by atoms with Crippen molar-refractivity contribution in [1.82, 2.24) is 19.6 Å². The maximum Gasteiger partial charge on any atom is 0.495 e. The third-order valence-corrected chi connectivity index (χ3v) is 15.9. The maximum absolute atomic E-state index is 14.8. The normalized spacial score (nSPS) is 25.1. The molecule has 20 heteroatoms. The molecule has 0 radical (unpaired) electrons. The van der Waals surface area contributed by atoms with Crippen LogP contribution in [0.15, 0.2) is 28.7 Å². The number of carbonyl (C=O) groups is 2. The molecule has 4 aromatic rings. The maximum atomic E-state index is 14.8. The van der Waals surface area contributed by atoms with Crippen LogP contribution in [0.4, 0.5) is 8.78 Å². The zero-order valence-corrected chi connectivity index (χ0v) is 44.2. The number of benzene rings is 2. The zero-order chi connectivity index (χ0) is 50.3. The van der Waals surface area contributed by atoms with E-state index in [-0.39, 0.29) is 58.0 Å². The van der Waals surface area contributed by atoms with E-state index >= 15 is 0 Å². The fourth-order valence-corrected chi connectivity index (χ4v) is 9.30. The molecule has 5 fully saturated rings. The number of rotatable bonds is 8. The highest BCUT2D eigenvalue weighted by atomic mass is 79.9. The predicted molar refractivity (Wildman–Crippen MR) is 262 cm³/mol. The molecule has 3 aliphatic heterocycles. The van der Waals surface area contributed by atoms with Gasteiger partial charge in [0.15, 0.2) is 0 Å². The van der Waals surface area contributed by atoms with Gasteiger partial charge in [-0.25, -0.2) is 9.36 Å². The van der Waals surface area contributed by atoms with Crippen LogP contribution in [-0.4, -0.2) is 98.1 Å². The van der Waals surface area contributed by atoms with Crippen molar-refractivity contribution in [3.8, 4) is 11.5 Å². The fraction of sp³-hybridized carbons (Fsp3) is 0.667. The van der Waals surface area contributed by atoms with E-state index in [1.165, 1.54) is 9.36 Å². The van der Waals surface area contributed by atoms with Crippen LogP contribution in [-0.2, 0) is 51.6 Å². The summed E-state index contributed by atoms with van der Waals surface area (Å²) in [6.45, 7) is 28.0. The molecule has 4 atom stereocenters. The topological polar surface area (TPSA) is 144 Å². The number of aromatic nitrogens is 4. The molecule has 5 heterocycles. The van der Waals surface area contributed by atoms with Crippen LogP contribution in [0.2, 0.25) is 0 Å². The monoisotopic (exact) mass is 1010 g/mol. The van der Waals surface area contributed by atoms with Crippen molar-refractivity contribution in [2.75, 3.05) is 0 Å². The average Bonchev–Trinajstić information content (AvgIpc) is 4.07. The summed E-state index contributed by atoms with van der Waals surface area (Å²) in [6.07, 6.45) is 3.56. The van der Waals surface area contributed by atoms with E-state index in [9.17, 15) is 18.4 Å². The molecule has 14 nitrogen and oxygen atoms in total. The Kier molecular flexibility index (Phi) is 14.4. The Balaban J connectivity index is 0.000000156. The van der Waals surface area contributed by atoms with Crippen molar-refractivity contribution in [2.45, 2.75) is 181 Å². The van der Waals surface area contributed by atoms with E-state index < -0.39 is 44.2 Å². The highest BCUT2D eigenvalue weighted by Gasteiger charge is 2.64. The van der Waals surface area contributed by atoms with E-state index in [1.807, 2.05) is 96.9 Å². The summed E-state index contributed by atoms with van der Waals surface area (Å²) < 4.78 is 80.5. The molecule has 0 unspecified atom stereocenters. The number of carbonyl (C=O) groups excluding carboxylic acids is 2. The van der Waals surface area contributed by atoms with Crippen molar-refractivity contribution >= 4 is 75.9 Å². The van der Waals surface area contributed by atoms with Gasteiger partial charge in [0.05, 0.1) is 62.1 Å². The van der Waals surface area contributed by atoms with Crippen molar-refractivity contribution < 1.29 is 55.8 Å². The number of fused-ring (bicyclic) bond motifs is 2. The van der Waals surface area contributed by atoms with E-state index in [0.29, 0.717) is 59.0 Å². The van der Waals surface area contributed by atoms with Crippen LogP contribution in [0.25, 0.3) is 21.8 Å². The SMILES string of the molecule is CC1(C)OB(B2OC(C)(C)C(C)(C)O2)OC1(C)C.C[C@@H](Oc1cc(B2OC(C)(C)C(C)(C)O2)cc2nn(C)c(F)c12)[C@H]1CCC(=O)C1.C[C@@H](Oc1cc(Br)cc2nn(C)c(F)c12)[C@H]1CCC(=O)C1. The van der Waals surface area contributed by atoms with Crippen LogP contribution in [0, 0.1) is 23.7 Å². The molecule has 370 valence electrons. The number of hydrogen-bond acceptors (Lipinski definition) is 12. The zero-order valence-electron chi connectivity index (χ0n) is 42.6. The summed E-state index contributed by atoms with van der Waals surface area (Å²) in [5.41, 5.74) is -0.638. The van der Waals surface area contributed by atoms with Gasteiger partial charge >= 0.3 is 21.1 Å². The van der Waals surface area contributed by atoms with Crippen molar-refractivity contribution in [2.24, 2.45) is 25.9 Å². The molecule has 2 aromatic carbocycles. The van der Waals surface area contributed by atoms with Crippen molar-refractivity contribution in [3.63, 3.8) is 0 Å². The largest absolute Gasteiger partial charge is 0.495 e. The first kappa shape index (κ1) is 52.4. The second kappa shape index (κ2) is 18.7.